The summed E-state index contributed by atoms with van der Waals surface area (Å²) in [5.41, 5.74) is 4.24. The van der Waals surface area contributed by atoms with Crippen LogP contribution in [0.25, 0.3) is 22.2 Å². The molecule has 2 aromatic heterocycles. The molecule has 4 rings (SSSR count). The van der Waals surface area contributed by atoms with E-state index in [-0.39, 0.29) is 11.3 Å². The van der Waals surface area contributed by atoms with Gasteiger partial charge in [-0.2, -0.15) is 0 Å². The smallest absolute Gasteiger partial charge is 0.226 e. The highest BCUT2D eigenvalue weighted by Crippen LogP contribution is 2.45. The molecule has 0 saturated heterocycles. The van der Waals surface area contributed by atoms with Crippen molar-refractivity contribution >= 4 is 16.8 Å². The molecule has 0 radical (unpaired) electrons. The minimum atomic E-state index is -0.138. The summed E-state index contributed by atoms with van der Waals surface area (Å²) in [5.74, 6) is 0.934. The second kappa shape index (κ2) is 5.51. The van der Waals surface area contributed by atoms with Crippen LogP contribution in [0.15, 0.2) is 35.2 Å². The molecule has 0 aliphatic heterocycles. The van der Waals surface area contributed by atoms with Gasteiger partial charge >= 0.3 is 0 Å². The van der Waals surface area contributed by atoms with E-state index >= 15 is 0 Å². The Morgan fingerprint density at radius 3 is 2.88 bits per heavy atom. The number of oxazole rings is 1. The summed E-state index contributed by atoms with van der Waals surface area (Å²) < 4.78 is 5.46. The van der Waals surface area contributed by atoms with E-state index in [1.165, 1.54) is 12.0 Å². The lowest BCUT2D eigenvalue weighted by Gasteiger charge is -2.08. The molecule has 1 aliphatic carbocycles. The van der Waals surface area contributed by atoms with E-state index in [1.54, 1.807) is 6.20 Å². The van der Waals surface area contributed by atoms with Crippen molar-refractivity contribution in [3.05, 3.63) is 42.0 Å². The summed E-state index contributed by atoms with van der Waals surface area (Å²) >= 11 is 0. The fraction of sp³-hybridized carbons (Fsp3) is 0.368. The molecule has 0 unspecified atom stereocenters. The van der Waals surface area contributed by atoms with Crippen molar-refractivity contribution in [2.75, 3.05) is 0 Å². The van der Waals surface area contributed by atoms with E-state index in [0.29, 0.717) is 6.54 Å². The molecule has 1 amide bonds. The topological polar surface area (TPSA) is 70.9 Å². The van der Waals surface area contributed by atoms with Gasteiger partial charge in [-0.25, -0.2) is 4.98 Å². The average molecular weight is 323 g/mol. The summed E-state index contributed by atoms with van der Waals surface area (Å²) in [7, 11) is 0. The maximum atomic E-state index is 12.1. The van der Waals surface area contributed by atoms with Crippen LogP contribution < -0.4 is 5.32 Å². The molecule has 1 fully saturated rings. The molecule has 0 bridgehead atoms. The van der Waals surface area contributed by atoms with Gasteiger partial charge in [0.15, 0.2) is 12.2 Å². The molecule has 0 spiro atoms. The minimum Gasteiger partial charge on any atom is -0.444 e. The summed E-state index contributed by atoms with van der Waals surface area (Å²) in [6.07, 6.45) is 6.09. The summed E-state index contributed by atoms with van der Waals surface area (Å²) in [5, 5.41) is 4.15. The number of nitrogens with zero attached hydrogens (tertiary/aromatic N) is 1. The van der Waals surface area contributed by atoms with Gasteiger partial charge in [0.1, 0.15) is 0 Å². The van der Waals surface area contributed by atoms with Gasteiger partial charge in [0, 0.05) is 27.6 Å². The van der Waals surface area contributed by atoms with Crippen LogP contribution >= 0.6 is 0 Å². The Morgan fingerprint density at radius 1 is 1.38 bits per heavy atom. The normalized spacial score (nSPS) is 15.6. The highest BCUT2D eigenvalue weighted by Gasteiger charge is 2.44. The van der Waals surface area contributed by atoms with E-state index in [2.05, 4.69) is 40.4 Å². The van der Waals surface area contributed by atoms with E-state index in [1.807, 2.05) is 6.92 Å². The number of benzene rings is 1. The Balaban J connectivity index is 1.61. The number of H-pyrrole nitrogens is 1. The predicted octanol–water partition coefficient (Wildman–Crippen LogP) is 3.80. The maximum Gasteiger partial charge on any atom is 0.226 e. The molecule has 2 heterocycles. The highest BCUT2D eigenvalue weighted by atomic mass is 16.3. The first-order valence-electron chi connectivity index (χ1n) is 8.41. The molecule has 24 heavy (non-hydrogen) atoms. The fourth-order valence-electron chi connectivity index (χ4n) is 3.06. The number of rotatable bonds is 5. The number of amides is 1. The Hall–Kier alpha value is -2.56. The monoisotopic (exact) mass is 323 g/mol. The Kier molecular flexibility index (Phi) is 3.44. The lowest BCUT2D eigenvalue weighted by molar-refractivity contribution is -0.125. The first-order chi connectivity index (χ1) is 11.6. The van der Waals surface area contributed by atoms with Crippen molar-refractivity contribution in [2.24, 2.45) is 5.41 Å². The van der Waals surface area contributed by atoms with Gasteiger partial charge in [0.25, 0.3) is 0 Å². The molecular weight excluding hydrogens is 302 g/mol. The third-order valence-electron chi connectivity index (χ3n) is 4.97. The highest BCUT2D eigenvalue weighted by molar-refractivity contribution is 5.87. The molecule has 124 valence electrons. The Bertz CT molecular complexity index is 889. The van der Waals surface area contributed by atoms with E-state index in [9.17, 15) is 4.79 Å². The molecular formula is C19H21N3O2. The minimum absolute atomic E-state index is 0.138. The van der Waals surface area contributed by atoms with Crippen molar-refractivity contribution in [1.29, 1.82) is 0 Å². The van der Waals surface area contributed by atoms with Gasteiger partial charge < -0.3 is 14.7 Å². The molecule has 1 aliphatic rings. The van der Waals surface area contributed by atoms with Gasteiger partial charge in [-0.05, 0) is 43.0 Å². The van der Waals surface area contributed by atoms with Crippen LogP contribution in [0.3, 0.4) is 0 Å². The molecule has 5 nitrogen and oxygen atoms in total. The second-order valence-electron chi connectivity index (χ2n) is 6.85. The first-order valence-corrected chi connectivity index (χ1v) is 8.41. The number of nitrogens with one attached hydrogen (secondary N) is 2. The van der Waals surface area contributed by atoms with E-state index in [4.69, 9.17) is 4.42 Å². The number of aryl methyl sites for hydroxylation is 1. The zero-order valence-electron chi connectivity index (χ0n) is 14.0. The lowest BCUT2D eigenvalue weighted by atomic mass is 10.0. The number of carbonyl (C=O) groups excluding carboxylic acids is 1. The molecule has 0 atom stereocenters. The Labute approximate surface area is 140 Å². The van der Waals surface area contributed by atoms with E-state index < -0.39 is 0 Å². The van der Waals surface area contributed by atoms with Gasteiger partial charge in [-0.3, -0.25) is 4.79 Å². The number of hydrogen-bond donors (Lipinski definition) is 2. The number of aromatic amines is 1. The SMILES string of the molecule is CCc1cc2[nH]c(CNC(=O)C3(C)CC3)cc2cc1-c1cnco1. The van der Waals surface area contributed by atoms with Gasteiger partial charge in [-0.1, -0.05) is 13.8 Å². The van der Waals surface area contributed by atoms with Crippen molar-refractivity contribution in [3.63, 3.8) is 0 Å². The van der Waals surface area contributed by atoms with Crippen molar-refractivity contribution in [3.8, 4) is 11.3 Å². The van der Waals surface area contributed by atoms with Crippen LogP contribution in [0.1, 0.15) is 37.9 Å². The third kappa shape index (κ3) is 2.60. The number of carbonyl (C=O) groups is 1. The van der Waals surface area contributed by atoms with Crippen molar-refractivity contribution in [2.45, 2.75) is 39.7 Å². The molecule has 1 saturated carbocycles. The van der Waals surface area contributed by atoms with E-state index in [0.717, 1.165) is 47.2 Å². The number of fused-ring (bicyclic) bond motifs is 1. The van der Waals surface area contributed by atoms with Crippen LogP contribution in [0.5, 0.6) is 0 Å². The summed E-state index contributed by atoms with van der Waals surface area (Å²) in [6, 6.07) is 6.36. The number of aromatic nitrogens is 2. The van der Waals surface area contributed by atoms with Crippen LogP contribution in [0.4, 0.5) is 0 Å². The van der Waals surface area contributed by atoms with Crippen LogP contribution in [0, 0.1) is 5.41 Å². The molecule has 3 aromatic rings. The van der Waals surface area contributed by atoms with Crippen molar-refractivity contribution in [1.82, 2.24) is 15.3 Å². The molecule has 1 aromatic carbocycles. The zero-order valence-corrected chi connectivity index (χ0v) is 14.0. The lowest BCUT2D eigenvalue weighted by Crippen LogP contribution is -2.29. The van der Waals surface area contributed by atoms with Gasteiger partial charge in [-0.15, -0.1) is 0 Å². The third-order valence-corrected chi connectivity index (χ3v) is 4.97. The molecule has 5 heteroatoms. The Morgan fingerprint density at radius 2 is 2.21 bits per heavy atom. The fourth-order valence-corrected chi connectivity index (χ4v) is 3.06. The average Bonchev–Trinajstić information content (AvgIpc) is 3.03. The quantitative estimate of drug-likeness (QED) is 0.750. The zero-order chi connectivity index (χ0) is 16.7. The standard InChI is InChI=1S/C19H21N3O2/c1-3-12-8-16-13(7-15(12)17-10-20-11-24-17)6-14(22-16)9-21-18(23)19(2)4-5-19/h6-8,10-11,22H,3-5,9H2,1-2H3,(H,21,23). The van der Waals surface area contributed by atoms with Crippen molar-refractivity contribution < 1.29 is 9.21 Å². The summed E-state index contributed by atoms with van der Waals surface area (Å²) in [6.45, 7) is 4.67. The second-order valence-corrected chi connectivity index (χ2v) is 6.85. The van der Waals surface area contributed by atoms with Crippen LogP contribution in [-0.2, 0) is 17.8 Å². The summed E-state index contributed by atoms with van der Waals surface area (Å²) in [4.78, 5) is 19.5. The number of hydrogen-bond acceptors (Lipinski definition) is 3. The molecule has 2 N–H and O–H groups in total. The maximum absolute atomic E-state index is 12.1. The first kappa shape index (κ1) is 15.0. The largest absolute Gasteiger partial charge is 0.444 e. The predicted molar refractivity (Wildman–Crippen MR) is 92.4 cm³/mol. The van der Waals surface area contributed by atoms with Crippen LogP contribution in [-0.4, -0.2) is 15.9 Å². The van der Waals surface area contributed by atoms with Gasteiger partial charge in [0.05, 0.1) is 12.7 Å². The van der Waals surface area contributed by atoms with Crippen LogP contribution in [0.2, 0.25) is 0 Å². The van der Waals surface area contributed by atoms with Gasteiger partial charge in [0.2, 0.25) is 5.91 Å².